The molecule has 1 aromatic carbocycles. The van der Waals surface area contributed by atoms with E-state index in [0.717, 1.165) is 11.5 Å². The lowest BCUT2D eigenvalue weighted by Crippen LogP contribution is -2.20. The molecule has 3 rings (SSSR count). The molecule has 1 fully saturated rings. The summed E-state index contributed by atoms with van der Waals surface area (Å²) in [6, 6.07) is 10.2. The van der Waals surface area contributed by atoms with Crippen molar-refractivity contribution in [2.75, 3.05) is 11.9 Å². The van der Waals surface area contributed by atoms with Crippen molar-refractivity contribution in [3.8, 4) is 0 Å². The maximum absolute atomic E-state index is 13.2. The molecule has 0 radical (unpaired) electrons. The SMILES string of the molecule is CC1CC1c1ccc(C(CN)Nc2cccc(F)c2)o1. The van der Waals surface area contributed by atoms with Crippen molar-refractivity contribution in [3.05, 3.63) is 53.7 Å². The fourth-order valence-electron chi connectivity index (χ4n) is 2.50. The van der Waals surface area contributed by atoms with E-state index in [1.54, 1.807) is 6.07 Å². The van der Waals surface area contributed by atoms with Crippen LogP contribution in [0.4, 0.5) is 10.1 Å². The Kier molecular flexibility index (Phi) is 3.49. The highest BCUT2D eigenvalue weighted by molar-refractivity contribution is 5.45. The average molecular weight is 274 g/mol. The molecule has 3 nitrogen and oxygen atoms in total. The molecule has 0 saturated heterocycles. The number of nitrogens with one attached hydrogen (secondary N) is 1. The van der Waals surface area contributed by atoms with Crippen LogP contribution >= 0.6 is 0 Å². The summed E-state index contributed by atoms with van der Waals surface area (Å²) in [6.45, 7) is 2.61. The number of hydrogen-bond donors (Lipinski definition) is 2. The average Bonchev–Trinajstić information content (AvgIpc) is 2.98. The Balaban J connectivity index is 1.74. The summed E-state index contributed by atoms with van der Waals surface area (Å²) >= 11 is 0. The normalized spacial score (nSPS) is 22.6. The fourth-order valence-corrected chi connectivity index (χ4v) is 2.50. The van der Waals surface area contributed by atoms with Crippen LogP contribution in [-0.4, -0.2) is 6.54 Å². The van der Waals surface area contributed by atoms with E-state index in [4.69, 9.17) is 10.2 Å². The molecule has 1 aliphatic rings. The van der Waals surface area contributed by atoms with E-state index in [9.17, 15) is 4.39 Å². The number of benzene rings is 1. The van der Waals surface area contributed by atoms with Gasteiger partial charge in [-0.15, -0.1) is 0 Å². The van der Waals surface area contributed by atoms with E-state index >= 15 is 0 Å². The molecule has 3 unspecified atom stereocenters. The van der Waals surface area contributed by atoms with Crippen molar-refractivity contribution in [3.63, 3.8) is 0 Å². The van der Waals surface area contributed by atoms with Crippen LogP contribution in [0.3, 0.4) is 0 Å². The highest BCUT2D eigenvalue weighted by Crippen LogP contribution is 2.47. The smallest absolute Gasteiger partial charge is 0.127 e. The van der Waals surface area contributed by atoms with Crippen molar-refractivity contribution in [2.24, 2.45) is 11.7 Å². The molecule has 3 N–H and O–H groups in total. The Morgan fingerprint density at radius 2 is 2.20 bits per heavy atom. The molecule has 106 valence electrons. The topological polar surface area (TPSA) is 51.2 Å². The van der Waals surface area contributed by atoms with Crippen LogP contribution in [0.1, 0.15) is 36.8 Å². The van der Waals surface area contributed by atoms with Gasteiger partial charge in [0.05, 0.1) is 6.04 Å². The minimum atomic E-state index is -0.266. The third kappa shape index (κ3) is 2.70. The van der Waals surface area contributed by atoms with Crippen molar-refractivity contribution < 1.29 is 8.81 Å². The van der Waals surface area contributed by atoms with E-state index in [-0.39, 0.29) is 11.9 Å². The zero-order chi connectivity index (χ0) is 14.1. The first-order valence-corrected chi connectivity index (χ1v) is 6.99. The molecule has 0 amide bonds. The highest BCUT2D eigenvalue weighted by atomic mass is 19.1. The molecule has 1 saturated carbocycles. The van der Waals surface area contributed by atoms with Gasteiger partial charge in [-0.1, -0.05) is 13.0 Å². The number of halogens is 1. The summed E-state index contributed by atoms with van der Waals surface area (Å²) < 4.78 is 19.1. The van der Waals surface area contributed by atoms with Crippen LogP contribution in [0.2, 0.25) is 0 Å². The lowest BCUT2D eigenvalue weighted by Gasteiger charge is -2.16. The van der Waals surface area contributed by atoms with Crippen LogP contribution in [0.15, 0.2) is 40.8 Å². The third-order valence-electron chi connectivity index (χ3n) is 3.87. The first kappa shape index (κ1) is 13.2. The molecular formula is C16H19FN2O. The number of rotatable bonds is 5. The van der Waals surface area contributed by atoms with E-state index in [1.807, 2.05) is 18.2 Å². The van der Waals surface area contributed by atoms with E-state index in [2.05, 4.69) is 12.2 Å². The predicted octanol–water partition coefficient (Wildman–Crippen LogP) is 3.65. The summed E-state index contributed by atoms with van der Waals surface area (Å²) in [7, 11) is 0. The summed E-state index contributed by atoms with van der Waals surface area (Å²) in [5.41, 5.74) is 6.51. The highest BCUT2D eigenvalue weighted by Gasteiger charge is 2.36. The number of anilines is 1. The van der Waals surface area contributed by atoms with Gasteiger partial charge in [-0.2, -0.15) is 0 Å². The maximum atomic E-state index is 13.2. The van der Waals surface area contributed by atoms with E-state index < -0.39 is 0 Å². The third-order valence-corrected chi connectivity index (χ3v) is 3.87. The lowest BCUT2D eigenvalue weighted by molar-refractivity contribution is 0.441. The van der Waals surface area contributed by atoms with Crippen molar-refractivity contribution in [2.45, 2.75) is 25.3 Å². The van der Waals surface area contributed by atoms with Gasteiger partial charge in [0.15, 0.2) is 0 Å². The zero-order valence-corrected chi connectivity index (χ0v) is 11.5. The van der Waals surface area contributed by atoms with Crippen LogP contribution < -0.4 is 11.1 Å². The molecular weight excluding hydrogens is 255 g/mol. The number of nitrogens with two attached hydrogens (primary N) is 1. The van der Waals surface area contributed by atoms with Gasteiger partial charge >= 0.3 is 0 Å². The Bertz CT molecular complexity index is 596. The quantitative estimate of drug-likeness (QED) is 0.875. The fraction of sp³-hybridized carbons (Fsp3) is 0.375. The van der Waals surface area contributed by atoms with Gasteiger partial charge in [0.2, 0.25) is 0 Å². The molecule has 2 aromatic rings. The standard InChI is InChI=1S/C16H19FN2O/c1-10-7-13(10)15-5-6-16(20-15)14(9-18)19-12-4-2-3-11(17)8-12/h2-6,8,10,13-14,19H,7,9,18H2,1H3. The molecule has 1 aliphatic carbocycles. The van der Waals surface area contributed by atoms with Crippen molar-refractivity contribution in [1.82, 2.24) is 0 Å². The number of furan rings is 1. The van der Waals surface area contributed by atoms with Crippen LogP contribution in [0.5, 0.6) is 0 Å². The molecule has 3 atom stereocenters. The molecule has 0 aliphatic heterocycles. The molecule has 1 heterocycles. The van der Waals surface area contributed by atoms with Gasteiger partial charge < -0.3 is 15.5 Å². The summed E-state index contributed by atoms with van der Waals surface area (Å²) in [4.78, 5) is 0. The van der Waals surface area contributed by atoms with Crippen molar-refractivity contribution in [1.29, 1.82) is 0 Å². The molecule has 0 spiro atoms. The van der Waals surface area contributed by atoms with Crippen molar-refractivity contribution >= 4 is 5.69 Å². The van der Waals surface area contributed by atoms with Gasteiger partial charge in [-0.25, -0.2) is 4.39 Å². The minimum absolute atomic E-state index is 0.139. The number of hydrogen-bond acceptors (Lipinski definition) is 3. The summed E-state index contributed by atoms with van der Waals surface area (Å²) in [5.74, 6) is 2.84. The van der Waals surface area contributed by atoms with Gasteiger partial charge in [0.1, 0.15) is 17.3 Å². The van der Waals surface area contributed by atoms with E-state index in [0.29, 0.717) is 24.1 Å². The second-order valence-electron chi connectivity index (χ2n) is 5.50. The summed E-state index contributed by atoms with van der Waals surface area (Å²) in [5, 5.41) is 3.21. The zero-order valence-electron chi connectivity index (χ0n) is 11.5. The maximum Gasteiger partial charge on any atom is 0.127 e. The molecule has 4 heteroatoms. The van der Waals surface area contributed by atoms with Gasteiger partial charge in [0, 0.05) is 18.2 Å². The van der Waals surface area contributed by atoms with Gasteiger partial charge in [-0.3, -0.25) is 0 Å². The monoisotopic (exact) mass is 274 g/mol. The van der Waals surface area contributed by atoms with Crippen LogP contribution in [0.25, 0.3) is 0 Å². The first-order valence-electron chi connectivity index (χ1n) is 6.99. The minimum Gasteiger partial charge on any atom is -0.464 e. The van der Waals surface area contributed by atoms with E-state index in [1.165, 1.54) is 18.6 Å². The van der Waals surface area contributed by atoms with Crippen LogP contribution in [-0.2, 0) is 0 Å². The molecule has 1 aromatic heterocycles. The van der Waals surface area contributed by atoms with Crippen LogP contribution in [0, 0.1) is 11.7 Å². The Morgan fingerprint density at radius 1 is 1.40 bits per heavy atom. The van der Waals surface area contributed by atoms with Gasteiger partial charge in [0.25, 0.3) is 0 Å². The Morgan fingerprint density at radius 3 is 2.85 bits per heavy atom. The molecule has 20 heavy (non-hydrogen) atoms. The lowest BCUT2D eigenvalue weighted by atomic mass is 10.2. The second-order valence-corrected chi connectivity index (χ2v) is 5.50. The second kappa shape index (κ2) is 5.29. The Labute approximate surface area is 118 Å². The summed E-state index contributed by atoms with van der Waals surface area (Å²) in [6.07, 6.45) is 1.19. The molecule has 0 bridgehead atoms. The largest absolute Gasteiger partial charge is 0.464 e. The predicted molar refractivity (Wildman–Crippen MR) is 77.0 cm³/mol. The first-order chi connectivity index (χ1) is 9.67. The van der Waals surface area contributed by atoms with Gasteiger partial charge in [-0.05, 0) is 42.7 Å². The Hall–Kier alpha value is -1.81.